The summed E-state index contributed by atoms with van der Waals surface area (Å²) in [5.74, 6) is -0.479. The number of amides is 1. The number of nitrogens with zero attached hydrogens (tertiary/aromatic N) is 2. The number of hydrogen-bond donors (Lipinski definition) is 2. The lowest BCUT2D eigenvalue weighted by molar-refractivity contribution is 0.0963. The summed E-state index contributed by atoms with van der Waals surface area (Å²) in [5.41, 5.74) is 0.0554. The number of guanidine groups is 1. The summed E-state index contributed by atoms with van der Waals surface area (Å²) in [4.78, 5) is 17.9. The van der Waals surface area contributed by atoms with E-state index in [4.69, 9.17) is 4.74 Å². The van der Waals surface area contributed by atoms with Gasteiger partial charge in [0.15, 0.2) is 5.96 Å². The second kappa shape index (κ2) is 10.7. The minimum absolute atomic E-state index is 0.0554. The van der Waals surface area contributed by atoms with Crippen molar-refractivity contribution in [3.8, 4) is 0 Å². The highest BCUT2D eigenvalue weighted by Gasteiger charge is 2.24. The molecule has 6 nitrogen and oxygen atoms in total. The Morgan fingerprint density at radius 3 is 2.52 bits per heavy atom. The fourth-order valence-corrected chi connectivity index (χ4v) is 2.99. The van der Waals surface area contributed by atoms with Crippen LogP contribution in [-0.2, 0) is 11.2 Å². The van der Waals surface area contributed by atoms with Gasteiger partial charge in [0.05, 0.1) is 6.61 Å². The van der Waals surface area contributed by atoms with Gasteiger partial charge in [-0.1, -0.05) is 6.07 Å². The molecule has 0 bridgehead atoms. The van der Waals surface area contributed by atoms with Crippen LogP contribution >= 0.6 is 0 Å². The standard InChI is InChI=1S/C19H28F2N4O2/c1-3-22-18(23-11-8-15-16(20)6-5-7-17(15)21)24-14-9-12-25(13-10-14)19(26)27-4-2/h5-7,14H,3-4,8-13H2,1-2H3,(H2,22,23,24). The highest BCUT2D eigenvalue weighted by Crippen LogP contribution is 2.13. The Kier molecular flexibility index (Phi) is 8.29. The first-order valence-electron chi connectivity index (χ1n) is 9.44. The Morgan fingerprint density at radius 2 is 1.93 bits per heavy atom. The Labute approximate surface area is 159 Å². The number of halogens is 2. The van der Waals surface area contributed by atoms with E-state index in [0.717, 1.165) is 12.8 Å². The molecular formula is C19H28F2N4O2. The predicted octanol–water partition coefficient (Wildman–Crippen LogP) is 2.68. The fourth-order valence-electron chi connectivity index (χ4n) is 2.99. The molecule has 150 valence electrons. The number of likely N-dealkylation sites (tertiary alicyclic amines) is 1. The second-order valence-corrected chi connectivity index (χ2v) is 6.32. The van der Waals surface area contributed by atoms with E-state index in [2.05, 4.69) is 15.6 Å². The normalized spacial score (nSPS) is 15.6. The topological polar surface area (TPSA) is 66.0 Å². The molecule has 0 radical (unpaired) electrons. The van der Waals surface area contributed by atoms with E-state index < -0.39 is 11.6 Å². The summed E-state index contributed by atoms with van der Waals surface area (Å²) in [6, 6.07) is 4.04. The lowest BCUT2D eigenvalue weighted by atomic mass is 10.1. The molecule has 2 rings (SSSR count). The first-order valence-corrected chi connectivity index (χ1v) is 9.44. The molecular weight excluding hydrogens is 354 g/mol. The van der Waals surface area contributed by atoms with Crippen LogP contribution in [0.25, 0.3) is 0 Å². The van der Waals surface area contributed by atoms with Crippen molar-refractivity contribution in [1.29, 1.82) is 0 Å². The molecule has 27 heavy (non-hydrogen) atoms. The minimum atomic E-state index is -0.547. The van der Waals surface area contributed by atoms with E-state index in [1.165, 1.54) is 18.2 Å². The van der Waals surface area contributed by atoms with Crippen molar-refractivity contribution >= 4 is 12.1 Å². The van der Waals surface area contributed by atoms with Crippen molar-refractivity contribution in [1.82, 2.24) is 15.5 Å². The van der Waals surface area contributed by atoms with E-state index in [-0.39, 0.29) is 30.7 Å². The molecule has 1 heterocycles. The average molecular weight is 382 g/mol. The summed E-state index contributed by atoms with van der Waals surface area (Å²) in [6.07, 6.45) is 1.48. The number of aliphatic imine (C=N–C) groups is 1. The highest BCUT2D eigenvalue weighted by molar-refractivity contribution is 5.80. The number of carbonyl (C=O) groups is 1. The molecule has 8 heteroatoms. The molecule has 1 saturated heterocycles. The first kappa shape index (κ1) is 20.9. The average Bonchev–Trinajstić information content (AvgIpc) is 2.65. The Hall–Kier alpha value is -2.38. The van der Waals surface area contributed by atoms with Gasteiger partial charge >= 0.3 is 6.09 Å². The molecule has 0 spiro atoms. The van der Waals surface area contributed by atoms with E-state index in [9.17, 15) is 13.6 Å². The van der Waals surface area contributed by atoms with Crippen molar-refractivity contribution in [2.24, 2.45) is 4.99 Å². The highest BCUT2D eigenvalue weighted by atomic mass is 19.1. The number of carbonyl (C=O) groups excluding carboxylic acids is 1. The van der Waals surface area contributed by atoms with Crippen LogP contribution in [-0.4, -0.2) is 55.8 Å². The van der Waals surface area contributed by atoms with Crippen LogP contribution in [0.2, 0.25) is 0 Å². The Morgan fingerprint density at radius 1 is 1.26 bits per heavy atom. The zero-order valence-electron chi connectivity index (χ0n) is 15.9. The summed E-state index contributed by atoms with van der Waals surface area (Å²) in [6.45, 7) is 6.32. The molecule has 0 atom stereocenters. The molecule has 0 unspecified atom stereocenters. The third-order valence-electron chi connectivity index (χ3n) is 4.40. The van der Waals surface area contributed by atoms with Gasteiger partial charge in [0.25, 0.3) is 0 Å². The van der Waals surface area contributed by atoms with Crippen molar-refractivity contribution < 1.29 is 18.3 Å². The molecule has 1 aromatic rings. The zero-order valence-corrected chi connectivity index (χ0v) is 15.9. The Balaban J connectivity index is 1.86. The van der Waals surface area contributed by atoms with Gasteiger partial charge in [-0.05, 0) is 45.2 Å². The number of piperidine rings is 1. The largest absolute Gasteiger partial charge is 0.450 e. The van der Waals surface area contributed by atoms with Gasteiger partial charge in [0, 0.05) is 37.8 Å². The third-order valence-corrected chi connectivity index (χ3v) is 4.40. The van der Waals surface area contributed by atoms with Gasteiger partial charge in [-0.2, -0.15) is 0 Å². The third kappa shape index (κ3) is 6.37. The van der Waals surface area contributed by atoms with E-state index in [0.29, 0.717) is 32.2 Å². The minimum Gasteiger partial charge on any atom is -0.450 e. The second-order valence-electron chi connectivity index (χ2n) is 6.32. The van der Waals surface area contributed by atoms with Crippen molar-refractivity contribution in [2.45, 2.75) is 39.2 Å². The summed E-state index contributed by atoms with van der Waals surface area (Å²) < 4.78 is 32.4. The summed E-state index contributed by atoms with van der Waals surface area (Å²) in [7, 11) is 0. The van der Waals surface area contributed by atoms with Crippen LogP contribution in [0, 0.1) is 11.6 Å². The lowest BCUT2D eigenvalue weighted by Crippen LogP contribution is -2.50. The Bertz CT molecular complexity index is 626. The van der Waals surface area contributed by atoms with E-state index in [1.807, 2.05) is 6.92 Å². The van der Waals surface area contributed by atoms with Gasteiger partial charge in [0.1, 0.15) is 11.6 Å². The van der Waals surface area contributed by atoms with Gasteiger partial charge in [-0.25, -0.2) is 13.6 Å². The van der Waals surface area contributed by atoms with Crippen LogP contribution in [0.15, 0.2) is 23.2 Å². The van der Waals surface area contributed by atoms with Crippen molar-refractivity contribution in [3.63, 3.8) is 0 Å². The van der Waals surface area contributed by atoms with Crippen LogP contribution in [0.4, 0.5) is 13.6 Å². The molecule has 2 N–H and O–H groups in total. The smallest absolute Gasteiger partial charge is 0.409 e. The molecule has 1 fully saturated rings. The number of hydrogen-bond acceptors (Lipinski definition) is 3. The summed E-state index contributed by atoms with van der Waals surface area (Å²) in [5, 5.41) is 6.48. The van der Waals surface area contributed by atoms with Gasteiger partial charge in [-0.15, -0.1) is 0 Å². The van der Waals surface area contributed by atoms with Crippen LogP contribution in [0.5, 0.6) is 0 Å². The molecule has 1 aliphatic heterocycles. The van der Waals surface area contributed by atoms with Crippen LogP contribution < -0.4 is 10.6 Å². The maximum Gasteiger partial charge on any atom is 0.409 e. The first-order chi connectivity index (χ1) is 13.0. The van der Waals surface area contributed by atoms with Crippen LogP contribution in [0.1, 0.15) is 32.3 Å². The monoisotopic (exact) mass is 382 g/mol. The van der Waals surface area contributed by atoms with Gasteiger partial charge in [0.2, 0.25) is 0 Å². The maximum atomic E-state index is 13.7. The van der Waals surface area contributed by atoms with Gasteiger partial charge < -0.3 is 20.3 Å². The predicted molar refractivity (Wildman–Crippen MR) is 101 cm³/mol. The van der Waals surface area contributed by atoms with E-state index >= 15 is 0 Å². The zero-order chi connectivity index (χ0) is 19.6. The molecule has 1 aromatic carbocycles. The maximum absolute atomic E-state index is 13.7. The molecule has 0 aromatic heterocycles. The lowest BCUT2D eigenvalue weighted by Gasteiger charge is -2.32. The van der Waals surface area contributed by atoms with Crippen molar-refractivity contribution in [2.75, 3.05) is 32.8 Å². The van der Waals surface area contributed by atoms with Crippen molar-refractivity contribution in [3.05, 3.63) is 35.4 Å². The quantitative estimate of drug-likeness (QED) is 0.586. The molecule has 0 aliphatic carbocycles. The van der Waals surface area contributed by atoms with E-state index in [1.54, 1.807) is 11.8 Å². The molecule has 1 aliphatic rings. The number of benzene rings is 1. The number of rotatable bonds is 6. The number of ether oxygens (including phenoxy) is 1. The summed E-state index contributed by atoms with van der Waals surface area (Å²) >= 11 is 0. The molecule has 1 amide bonds. The van der Waals surface area contributed by atoms with Crippen LogP contribution in [0.3, 0.4) is 0 Å². The fraction of sp³-hybridized carbons (Fsp3) is 0.579. The SMILES string of the molecule is CCNC(=NCCc1c(F)cccc1F)NC1CCN(C(=O)OCC)CC1. The number of nitrogens with one attached hydrogen (secondary N) is 2. The molecule has 0 saturated carbocycles. The van der Waals surface area contributed by atoms with Gasteiger partial charge in [-0.3, -0.25) is 4.99 Å².